The molecule has 0 unspecified atom stereocenters. The van der Waals surface area contributed by atoms with Crippen molar-refractivity contribution in [1.82, 2.24) is 5.06 Å². The van der Waals surface area contributed by atoms with Crippen molar-refractivity contribution in [2.45, 2.75) is 12.8 Å². The third-order valence-electron chi connectivity index (χ3n) is 2.53. The molecule has 0 aliphatic carbocycles. The zero-order chi connectivity index (χ0) is 14.5. The topological polar surface area (TPSA) is 80.8 Å². The molecule has 1 aromatic rings. The van der Waals surface area contributed by atoms with Crippen molar-refractivity contribution < 1.29 is 24.0 Å². The Bertz CT molecular complexity index is 541. The van der Waals surface area contributed by atoms with Crippen LogP contribution in [0.3, 0.4) is 0 Å². The predicted octanol–water partition coefficient (Wildman–Crippen LogP) is 1.17. The molecule has 0 spiro atoms. The van der Waals surface area contributed by atoms with Gasteiger partial charge in [0, 0.05) is 18.4 Å². The minimum atomic E-state index is -0.803. The molecule has 0 atom stereocenters. The first-order chi connectivity index (χ1) is 9.58. The number of benzene rings is 1. The van der Waals surface area contributed by atoms with Crippen LogP contribution in [0.25, 0.3) is 0 Å². The fraction of sp³-hybridized carbons (Fsp3) is 0.231. The number of rotatable bonds is 4. The van der Waals surface area contributed by atoms with Gasteiger partial charge >= 0.3 is 5.97 Å². The molecule has 1 heterocycles. The molecular weight excluding hydrogens is 282 g/mol. The monoisotopic (exact) mass is 293 g/mol. The van der Waals surface area contributed by atoms with E-state index < -0.39 is 17.8 Å². The maximum absolute atomic E-state index is 11.7. The summed E-state index contributed by atoms with van der Waals surface area (Å²) in [6.45, 7) is 0. The number of carbonyl (C=O) groups is 4. The van der Waals surface area contributed by atoms with Gasteiger partial charge < -0.3 is 4.84 Å². The van der Waals surface area contributed by atoms with Gasteiger partial charge in [0.05, 0.1) is 0 Å². The Hall–Kier alpha value is -2.15. The first-order valence-corrected chi connectivity index (χ1v) is 6.85. The Morgan fingerprint density at radius 1 is 1.10 bits per heavy atom. The Labute approximate surface area is 119 Å². The van der Waals surface area contributed by atoms with E-state index >= 15 is 0 Å². The highest BCUT2D eigenvalue weighted by Gasteiger charge is 2.32. The number of hydroxylamine groups is 2. The first kappa shape index (κ1) is 14.3. The zero-order valence-corrected chi connectivity index (χ0v) is 11.2. The van der Waals surface area contributed by atoms with E-state index in [9.17, 15) is 19.2 Å². The summed E-state index contributed by atoms with van der Waals surface area (Å²) in [5.41, 5.74) is 0.471. The third-order valence-corrected chi connectivity index (χ3v) is 3.41. The van der Waals surface area contributed by atoms with Gasteiger partial charge in [0.15, 0.2) is 0 Å². The zero-order valence-electron chi connectivity index (χ0n) is 10.4. The van der Waals surface area contributed by atoms with Crippen molar-refractivity contribution in [3.63, 3.8) is 0 Å². The van der Waals surface area contributed by atoms with Gasteiger partial charge in [-0.25, -0.2) is 4.79 Å². The smallest absolute Gasteiger partial charge is 0.329 e. The van der Waals surface area contributed by atoms with E-state index in [-0.39, 0.29) is 23.7 Å². The molecule has 0 bridgehead atoms. The number of nitrogens with zero attached hydrogens (tertiary/aromatic N) is 1. The third kappa shape index (κ3) is 3.45. The van der Waals surface area contributed by atoms with Crippen LogP contribution >= 0.6 is 11.8 Å². The summed E-state index contributed by atoms with van der Waals surface area (Å²) in [6, 6.07) is 8.48. The molecule has 2 amide bonds. The van der Waals surface area contributed by atoms with E-state index in [2.05, 4.69) is 4.84 Å². The number of carbonyl (C=O) groups excluding carboxylic acids is 4. The van der Waals surface area contributed by atoms with E-state index in [1.54, 1.807) is 30.3 Å². The van der Waals surface area contributed by atoms with Crippen molar-refractivity contribution in [3.05, 3.63) is 35.9 Å². The quantitative estimate of drug-likeness (QED) is 0.775. The van der Waals surface area contributed by atoms with Gasteiger partial charge in [0.25, 0.3) is 11.8 Å². The van der Waals surface area contributed by atoms with E-state index in [1.165, 1.54) is 0 Å². The molecule has 2 rings (SSSR count). The van der Waals surface area contributed by atoms with Gasteiger partial charge in [-0.3, -0.25) is 14.4 Å². The molecule has 1 aliphatic heterocycles. The lowest BCUT2D eigenvalue weighted by Crippen LogP contribution is -2.32. The average molecular weight is 293 g/mol. The highest BCUT2D eigenvalue weighted by Crippen LogP contribution is 2.15. The van der Waals surface area contributed by atoms with Crippen LogP contribution < -0.4 is 0 Å². The van der Waals surface area contributed by atoms with Gasteiger partial charge in [0.1, 0.15) is 5.75 Å². The second-order valence-electron chi connectivity index (χ2n) is 3.99. The maximum atomic E-state index is 11.7. The van der Waals surface area contributed by atoms with Crippen LogP contribution in [0.15, 0.2) is 30.3 Å². The van der Waals surface area contributed by atoms with Crippen molar-refractivity contribution in [2.24, 2.45) is 0 Å². The standard InChI is InChI=1S/C13H11NO5S/c15-10-6-7-11(16)14(10)19-12(17)8-20-13(18)9-4-2-1-3-5-9/h1-5H,6-8H2. The van der Waals surface area contributed by atoms with E-state index in [1.807, 2.05) is 0 Å². The summed E-state index contributed by atoms with van der Waals surface area (Å²) >= 11 is 0.761. The van der Waals surface area contributed by atoms with Crippen LogP contribution in [0.2, 0.25) is 0 Å². The number of hydrogen-bond donors (Lipinski definition) is 0. The van der Waals surface area contributed by atoms with Crippen LogP contribution in [0.5, 0.6) is 0 Å². The fourth-order valence-corrected chi connectivity index (χ4v) is 2.17. The second kappa shape index (κ2) is 6.33. The molecule has 7 heteroatoms. The first-order valence-electron chi connectivity index (χ1n) is 5.86. The number of imide groups is 1. The van der Waals surface area contributed by atoms with E-state index in [0.29, 0.717) is 10.6 Å². The SMILES string of the molecule is O=C(CSC(=O)c1ccccc1)ON1C(=O)CCC1=O. The Morgan fingerprint density at radius 2 is 1.70 bits per heavy atom. The largest absolute Gasteiger partial charge is 0.343 e. The molecule has 0 saturated carbocycles. The van der Waals surface area contributed by atoms with Crippen LogP contribution in [0.1, 0.15) is 23.2 Å². The number of thioether (sulfide) groups is 1. The minimum absolute atomic E-state index is 0.0439. The van der Waals surface area contributed by atoms with Gasteiger partial charge in [-0.2, -0.15) is 0 Å². The van der Waals surface area contributed by atoms with Crippen LogP contribution in [0, 0.1) is 0 Å². The summed E-state index contributed by atoms with van der Waals surface area (Å²) in [5.74, 6) is -2.14. The lowest BCUT2D eigenvalue weighted by atomic mass is 10.2. The number of amides is 2. The molecule has 1 aromatic carbocycles. The second-order valence-corrected chi connectivity index (χ2v) is 4.94. The maximum Gasteiger partial charge on any atom is 0.343 e. The molecule has 0 N–H and O–H groups in total. The van der Waals surface area contributed by atoms with Crippen LogP contribution in [-0.2, 0) is 19.2 Å². The lowest BCUT2D eigenvalue weighted by molar-refractivity contribution is -0.195. The van der Waals surface area contributed by atoms with Gasteiger partial charge in [-0.15, -0.1) is 5.06 Å². The Kier molecular flexibility index (Phi) is 4.52. The van der Waals surface area contributed by atoms with Gasteiger partial charge in [0.2, 0.25) is 5.12 Å². The van der Waals surface area contributed by atoms with Crippen molar-refractivity contribution >= 4 is 34.7 Å². The molecule has 0 aromatic heterocycles. The molecule has 0 radical (unpaired) electrons. The Balaban J connectivity index is 1.82. The summed E-state index contributed by atoms with van der Waals surface area (Å²) in [7, 11) is 0. The van der Waals surface area contributed by atoms with Crippen LogP contribution in [-0.4, -0.2) is 33.7 Å². The van der Waals surface area contributed by atoms with E-state index in [4.69, 9.17) is 0 Å². The molecule has 1 fully saturated rings. The molecule has 20 heavy (non-hydrogen) atoms. The minimum Gasteiger partial charge on any atom is -0.329 e. The summed E-state index contributed by atoms with van der Waals surface area (Å²) in [6.07, 6.45) is 0.0877. The average Bonchev–Trinajstić information content (AvgIpc) is 2.77. The molecule has 104 valence electrons. The Morgan fingerprint density at radius 3 is 2.30 bits per heavy atom. The van der Waals surface area contributed by atoms with Crippen molar-refractivity contribution in [2.75, 3.05) is 5.75 Å². The number of hydrogen-bond acceptors (Lipinski definition) is 6. The van der Waals surface area contributed by atoms with Crippen LogP contribution in [0.4, 0.5) is 0 Å². The van der Waals surface area contributed by atoms with Crippen molar-refractivity contribution in [3.8, 4) is 0 Å². The van der Waals surface area contributed by atoms with Gasteiger partial charge in [-0.1, -0.05) is 42.1 Å². The molecule has 1 aliphatic rings. The van der Waals surface area contributed by atoms with Crippen molar-refractivity contribution in [1.29, 1.82) is 0 Å². The highest BCUT2D eigenvalue weighted by molar-refractivity contribution is 8.14. The summed E-state index contributed by atoms with van der Waals surface area (Å²) in [4.78, 5) is 50.3. The summed E-state index contributed by atoms with van der Waals surface area (Å²) < 4.78 is 0. The summed E-state index contributed by atoms with van der Waals surface area (Å²) in [5, 5.41) is 0.192. The molecule has 1 saturated heterocycles. The lowest BCUT2D eigenvalue weighted by Gasteiger charge is -2.11. The normalized spacial score (nSPS) is 14.5. The fourth-order valence-electron chi connectivity index (χ4n) is 1.57. The highest BCUT2D eigenvalue weighted by atomic mass is 32.2. The predicted molar refractivity (Wildman–Crippen MR) is 70.4 cm³/mol. The van der Waals surface area contributed by atoms with E-state index in [0.717, 1.165) is 11.8 Å². The molecular formula is C13H11NO5S. The van der Waals surface area contributed by atoms with Gasteiger partial charge in [-0.05, 0) is 0 Å². The molecule has 6 nitrogen and oxygen atoms in total.